The number of nitrogens with zero attached hydrogens (tertiary/aromatic N) is 1. The van der Waals surface area contributed by atoms with Crippen LogP contribution in [0.25, 0.3) is 17.2 Å². The molecule has 0 saturated carbocycles. The van der Waals surface area contributed by atoms with Gasteiger partial charge in [0.25, 0.3) is 11.1 Å². The largest absolute Gasteiger partial charge is 0.431 e. The minimum absolute atomic E-state index is 0.0180. The lowest BCUT2D eigenvalue weighted by atomic mass is 10.2. The summed E-state index contributed by atoms with van der Waals surface area (Å²) in [6.07, 6.45) is 2.45. The van der Waals surface area contributed by atoms with Gasteiger partial charge in [-0.1, -0.05) is 42.1 Å². The third-order valence-corrected chi connectivity index (χ3v) is 4.07. The van der Waals surface area contributed by atoms with Gasteiger partial charge in [-0.25, -0.2) is 9.37 Å². The fourth-order valence-electron chi connectivity index (χ4n) is 2.02. The third-order valence-electron chi connectivity index (χ3n) is 3.25. The molecule has 0 aliphatic heterocycles. The van der Waals surface area contributed by atoms with Crippen molar-refractivity contribution in [3.63, 3.8) is 0 Å². The molecule has 1 heterocycles. The number of carbonyl (C=O) groups excluding carboxylic acids is 2. The highest BCUT2D eigenvalue weighted by Crippen LogP contribution is 2.22. The topological polar surface area (TPSA) is 84.2 Å². The molecule has 0 saturated heterocycles. The second-order valence-corrected chi connectivity index (χ2v) is 6.06. The van der Waals surface area contributed by atoms with Gasteiger partial charge in [0.1, 0.15) is 11.3 Å². The highest BCUT2D eigenvalue weighted by atomic mass is 32.2. The van der Waals surface area contributed by atoms with Crippen LogP contribution in [0.5, 0.6) is 0 Å². The average Bonchev–Trinajstić information content (AvgIpc) is 3.07. The van der Waals surface area contributed by atoms with Crippen LogP contribution in [0.3, 0.4) is 0 Å². The Morgan fingerprint density at radius 1 is 1.12 bits per heavy atom. The van der Waals surface area contributed by atoms with E-state index in [1.165, 1.54) is 18.2 Å². The van der Waals surface area contributed by atoms with E-state index in [4.69, 9.17) is 4.42 Å². The fourth-order valence-corrected chi connectivity index (χ4v) is 2.66. The number of carbonyl (C=O) groups is 2. The molecule has 0 unspecified atom stereocenters. The molecule has 3 rings (SSSR count). The molecule has 6 nitrogen and oxygen atoms in total. The molecule has 1 aromatic heterocycles. The average molecular weight is 371 g/mol. The molecular formula is C18H14FN3O3S. The van der Waals surface area contributed by atoms with Gasteiger partial charge in [0.05, 0.1) is 5.75 Å². The van der Waals surface area contributed by atoms with E-state index < -0.39 is 17.6 Å². The quantitative estimate of drug-likeness (QED) is 0.409. The van der Waals surface area contributed by atoms with Gasteiger partial charge >= 0.3 is 0 Å². The Kier molecular flexibility index (Phi) is 5.65. The van der Waals surface area contributed by atoms with Crippen LogP contribution in [-0.4, -0.2) is 22.6 Å². The van der Waals surface area contributed by atoms with Crippen molar-refractivity contribution < 1.29 is 18.4 Å². The first kappa shape index (κ1) is 17.7. The van der Waals surface area contributed by atoms with Gasteiger partial charge in [-0.2, -0.15) is 0 Å². The number of oxazole rings is 1. The molecule has 0 aliphatic rings. The molecule has 0 radical (unpaired) electrons. The highest BCUT2D eigenvalue weighted by Gasteiger charge is 2.09. The van der Waals surface area contributed by atoms with Gasteiger partial charge in [-0.3, -0.25) is 20.4 Å². The number of hydrogen-bond acceptors (Lipinski definition) is 5. The van der Waals surface area contributed by atoms with Crippen molar-refractivity contribution in [3.05, 3.63) is 66.0 Å². The minimum atomic E-state index is -0.575. The molecule has 0 spiro atoms. The summed E-state index contributed by atoms with van der Waals surface area (Å²) in [6, 6.07) is 13.3. The number of aromatic nitrogens is 1. The van der Waals surface area contributed by atoms with Gasteiger partial charge in [0.2, 0.25) is 5.91 Å². The van der Waals surface area contributed by atoms with Crippen molar-refractivity contribution in [1.82, 2.24) is 15.8 Å². The van der Waals surface area contributed by atoms with Crippen molar-refractivity contribution >= 4 is 40.8 Å². The maximum atomic E-state index is 13.4. The first-order valence-corrected chi connectivity index (χ1v) is 8.60. The lowest BCUT2D eigenvalue weighted by Gasteiger charge is -2.03. The zero-order valence-electron chi connectivity index (χ0n) is 13.4. The lowest BCUT2D eigenvalue weighted by molar-refractivity contribution is -0.125. The van der Waals surface area contributed by atoms with Gasteiger partial charge in [0.15, 0.2) is 5.58 Å². The van der Waals surface area contributed by atoms with E-state index in [0.29, 0.717) is 16.3 Å². The minimum Gasteiger partial charge on any atom is -0.431 e. The molecule has 26 heavy (non-hydrogen) atoms. The molecule has 2 amide bonds. The molecule has 0 fully saturated rings. The standard InChI is InChI=1S/C18H14FN3O3S/c19-13-6-2-1-5-12(13)9-10-16(23)21-22-17(24)11-26-18-20-14-7-3-4-8-15(14)25-18/h1-10H,11H2,(H,21,23)(H,22,24)/b10-9+. The summed E-state index contributed by atoms with van der Waals surface area (Å²) < 4.78 is 18.9. The van der Waals surface area contributed by atoms with E-state index in [0.717, 1.165) is 17.8 Å². The van der Waals surface area contributed by atoms with Crippen LogP contribution in [0.15, 0.2) is 64.2 Å². The van der Waals surface area contributed by atoms with E-state index in [9.17, 15) is 14.0 Å². The summed E-state index contributed by atoms with van der Waals surface area (Å²) in [5.74, 6) is -1.42. The first-order chi connectivity index (χ1) is 12.6. The molecule has 2 N–H and O–H groups in total. The van der Waals surface area contributed by atoms with Crippen LogP contribution in [0.2, 0.25) is 0 Å². The number of fused-ring (bicyclic) bond motifs is 1. The Balaban J connectivity index is 1.45. The second kappa shape index (κ2) is 8.30. The van der Waals surface area contributed by atoms with E-state index in [1.54, 1.807) is 18.2 Å². The predicted molar refractivity (Wildman–Crippen MR) is 96.5 cm³/mol. The smallest absolute Gasteiger partial charge is 0.262 e. The normalized spacial score (nSPS) is 11.0. The zero-order chi connectivity index (χ0) is 18.4. The van der Waals surface area contributed by atoms with E-state index in [1.807, 2.05) is 18.2 Å². The molecule has 8 heteroatoms. The molecule has 3 aromatic rings. The van der Waals surface area contributed by atoms with Crippen molar-refractivity contribution in [2.24, 2.45) is 0 Å². The number of amides is 2. The number of para-hydroxylation sites is 2. The van der Waals surface area contributed by atoms with Gasteiger partial charge in [0, 0.05) is 11.6 Å². The SMILES string of the molecule is O=C(/C=C/c1ccccc1F)NNC(=O)CSc1nc2ccccc2o1. The predicted octanol–water partition coefficient (Wildman–Crippen LogP) is 2.92. The summed E-state index contributed by atoms with van der Waals surface area (Å²) in [4.78, 5) is 27.6. The van der Waals surface area contributed by atoms with Crippen molar-refractivity contribution in [1.29, 1.82) is 0 Å². The summed E-state index contributed by atoms with van der Waals surface area (Å²) in [5, 5.41) is 0.368. The first-order valence-electron chi connectivity index (χ1n) is 7.61. The van der Waals surface area contributed by atoms with Crippen LogP contribution in [0.1, 0.15) is 5.56 Å². The van der Waals surface area contributed by atoms with Gasteiger partial charge < -0.3 is 4.42 Å². The number of thioether (sulfide) groups is 1. The number of rotatable bonds is 5. The number of benzene rings is 2. The molecule has 2 aromatic carbocycles. The number of halogens is 1. The second-order valence-electron chi connectivity index (χ2n) is 5.13. The third kappa shape index (κ3) is 4.70. The van der Waals surface area contributed by atoms with Crippen molar-refractivity contribution in [3.8, 4) is 0 Å². The molecule has 0 atom stereocenters. The monoisotopic (exact) mass is 371 g/mol. The zero-order valence-corrected chi connectivity index (χ0v) is 14.3. The Morgan fingerprint density at radius 2 is 1.88 bits per heavy atom. The number of nitrogens with one attached hydrogen (secondary N) is 2. The fraction of sp³-hybridized carbons (Fsp3) is 0.0556. The number of hydrogen-bond donors (Lipinski definition) is 2. The summed E-state index contributed by atoms with van der Waals surface area (Å²) in [7, 11) is 0. The summed E-state index contributed by atoms with van der Waals surface area (Å²) >= 11 is 1.11. The molecule has 0 aliphatic carbocycles. The lowest BCUT2D eigenvalue weighted by Crippen LogP contribution is -2.41. The van der Waals surface area contributed by atoms with E-state index in [2.05, 4.69) is 15.8 Å². The van der Waals surface area contributed by atoms with Crippen LogP contribution in [0.4, 0.5) is 4.39 Å². The van der Waals surface area contributed by atoms with Crippen molar-refractivity contribution in [2.75, 3.05) is 5.75 Å². The summed E-state index contributed by atoms with van der Waals surface area (Å²) in [6.45, 7) is 0. The molecule has 132 valence electrons. The van der Waals surface area contributed by atoms with Gasteiger partial charge in [-0.15, -0.1) is 0 Å². The number of hydrazine groups is 1. The van der Waals surface area contributed by atoms with Crippen LogP contribution < -0.4 is 10.9 Å². The summed E-state index contributed by atoms with van der Waals surface area (Å²) in [5.41, 5.74) is 6.12. The van der Waals surface area contributed by atoms with E-state index in [-0.39, 0.29) is 11.3 Å². The van der Waals surface area contributed by atoms with Crippen molar-refractivity contribution in [2.45, 2.75) is 5.22 Å². The highest BCUT2D eigenvalue weighted by molar-refractivity contribution is 7.99. The van der Waals surface area contributed by atoms with Crippen LogP contribution >= 0.6 is 11.8 Å². The van der Waals surface area contributed by atoms with Gasteiger partial charge in [-0.05, 0) is 24.3 Å². The Hall–Kier alpha value is -3.13. The van der Waals surface area contributed by atoms with Crippen LogP contribution in [-0.2, 0) is 9.59 Å². The Labute approximate surface area is 152 Å². The van der Waals surface area contributed by atoms with Crippen LogP contribution in [0, 0.1) is 5.82 Å². The molecular weight excluding hydrogens is 357 g/mol. The Bertz CT molecular complexity index is 938. The van der Waals surface area contributed by atoms with E-state index >= 15 is 0 Å². The molecule has 0 bridgehead atoms. The maximum Gasteiger partial charge on any atom is 0.262 e. The Morgan fingerprint density at radius 3 is 2.69 bits per heavy atom. The maximum absolute atomic E-state index is 13.4.